The summed E-state index contributed by atoms with van der Waals surface area (Å²) in [6, 6.07) is 0. The van der Waals surface area contributed by atoms with Crippen LogP contribution in [0.25, 0.3) is 0 Å². The zero-order valence-corrected chi connectivity index (χ0v) is 81.5. The largest absolute Gasteiger partial charge is 0.472 e. The maximum Gasteiger partial charge on any atom is 0.472 e. The topological polar surface area (TPSA) is 231 Å². The molecule has 720 valence electrons. The van der Waals surface area contributed by atoms with Gasteiger partial charge in [-0.3, -0.25) is 32.5 Å². The molecule has 0 heterocycles. The van der Waals surface area contributed by atoms with Crippen LogP contribution in [0.5, 0.6) is 0 Å². The fraction of sp³-hybridized carbons (Fsp3) is 0.729. The minimum Gasteiger partial charge on any atom is -0.463 e. The number of phosphoric acid groups is 2. The first-order valence-corrected chi connectivity index (χ1v) is 53.8. The van der Waals surface area contributed by atoms with Gasteiger partial charge >= 0.3 is 33.6 Å². The SMILES string of the molecule is CC/C=C\C/C=C\C/C=C\C/C=C\C/C=C\CCCCCCCCCC(=O)OC(COC(=O)CCCCCCCCCCCCCCCCCCC/C=C\C/C=C\C/C=C\C/C=C\CCCCC)COP(=O)(O)OCC(O)COP(=O)(O)OCC(O)COC(=O)CCCCCCCCCCCCCCCCCCC/C=C\C/C=C\C/C=C\C/C=C\CCCCC. The molecule has 0 saturated heterocycles. The first kappa shape index (κ1) is 120. The molecule has 5 atom stereocenters. The molecule has 0 bridgehead atoms. The lowest BCUT2D eigenvalue weighted by molar-refractivity contribution is -0.161. The molecule has 0 radical (unpaired) electrons. The summed E-state index contributed by atoms with van der Waals surface area (Å²) in [5.74, 6) is -1.57. The van der Waals surface area contributed by atoms with Crippen molar-refractivity contribution in [3.63, 3.8) is 0 Å². The second kappa shape index (κ2) is 98.2. The molecule has 0 aliphatic rings. The van der Waals surface area contributed by atoms with E-state index in [1.165, 1.54) is 231 Å². The lowest BCUT2D eigenvalue weighted by Crippen LogP contribution is -2.30. The molecule has 18 heteroatoms. The Morgan fingerprint density at radius 2 is 0.424 bits per heavy atom. The van der Waals surface area contributed by atoms with Gasteiger partial charge in [-0.15, -0.1) is 0 Å². The molecule has 0 amide bonds. The molecule has 0 aromatic carbocycles. The summed E-state index contributed by atoms with van der Waals surface area (Å²) in [6.07, 6.45) is 127. The molecule has 0 aliphatic carbocycles. The van der Waals surface area contributed by atoms with Gasteiger partial charge in [-0.1, -0.05) is 429 Å². The summed E-state index contributed by atoms with van der Waals surface area (Å²) in [5.41, 5.74) is 0. The molecule has 16 nitrogen and oxygen atoms in total. The third-order valence-electron chi connectivity index (χ3n) is 21.7. The second-order valence-electron chi connectivity index (χ2n) is 33.9. The highest BCUT2D eigenvalue weighted by molar-refractivity contribution is 7.47. The Hall–Kier alpha value is -4.83. The Bertz CT molecular complexity index is 2900. The first-order chi connectivity index (χ1) is 61.2. The number of unbranched alkanes of at least 4 members (excludes halogenated alkanes) is 47. The quantitative estimate of drug-likeness (QED) is 0.0146. The van der Waals surface area contributed by atoms with E-state index in [9.17, 15) is 43.5 Å². The monoisotopic (exact) mass is 1790 g/mol. The number of esters is 3. The second-order valence-corrected chi connectivity index (χ2v) is 36.8. The normalized spacial score (nSPS) is 14.3. The van der Waals surface area contributed by atoms with Gasteiger partial charge in [0, 0.05) is 19.3 Å². The summed E-state index contributed by atoms with van der Waals surface area (Å²) in [6.45, 7) is 2.57. The third-order valence-corrected chi connectivity index (χ3v) is 23.6. The number of aliphatic hydroxyl groups excluding tert-OH is 2. The predicted molar refractivity (Wildman–Crippen MR) is 528 cm³/mol. The van der Waals surface area contributed by atoms with Crippen LogP contribution < -0.4 is 0 Å². The Labute approximate surface area is 765 Å². The molecular formula is C107H186O16P2. The van der Waals surface area contributed by atoms with Crippen LogP contribution in [0.2, 0.25) is 0 Å². The Kier molecular flexibility index (Phi) is 94.4. The van der Waals surface area contributed by atoms with Crippen LogP contribution in [0.3, 0.4) is 0 Å². The third kappa shape index (κ3) is 99.6. The van der Waals surface area contributed by atoms with E-state index in [1.54, 1.807) is 0 Å². The van der Waals surface area contributed by atoms with Crippen molar-refractivity contribution in [2.45, 2.75) is 463 Å². The Balaban J connectivity index is 4.56. The zero-order valence-electron chi connectivity index (χ0n) is 79.7. The number of carbonyl (C=O) groups excluding carboxylic acids is 3. The van der Waals surface area contributed by atoms with Gasteiger partial charge in [0.15, 0.2) is 6.10 Å². The fourth-order valence-electron chi connectivity index (χ4n) is 14.0. The van der Waals surface area contributed by atoms with E-state index in [0.717, 1.165) is 154 Å². The molecular weight excluding hydrogens is 1600 g/mol. The molecule has 0 rings (SSSR count). The van der Waals surface area contributed by atoms with Gasteiger partial charge in [0.1, 0.15) is 25.4 Å². The van der Waals surface area contributed by atoms with Gasteiger partial charge < -0.3 is 34.2 Å². The highest BCUT2D eigenvalue weighted by atomic mass is 31.2. The van der Waals surface area contributed by atoms with Crippen LogP contribution in [0.15, 0.2) is 158 Å². The van der Waals surface area contributed by atoms with Crippen molar-refractivity contribution < 1.29 is 75.8 Å². The van der Waals surface area contributed by atoms with Gasteiger partial charge in [-0.25, -0.2) is 9.13 Å². The highest BCUT2D eigenvalue weighted by Crippen LogP contribution is 2.45. The van der Waals surface area contributed by atoms with Crippen LogP contribution >= 0.6 is 15.6 Å². The minimum absolute atomic E-state index is 0.0895. The number of rotatable bonds is 96. The van der Waals surface area contributed by atoms with Crippen molar-refractivity contribution >= 4 is 33.6 Å². The van der Waals surface area contributed by atoms with Crippen LogP contribution in [-0.2, 0) is 55.8 Å². The molecule has 0 aliphatic heterocycles. The molecule has 0 fully saturated rings. The number of phosphoric ester groups is 2. The smallest absolute Gasteiger partial charge is 0.463 e. The lowest BCUT2D eigenvalue weighted by atomic mass is 10.0. The van der Waals surface area contributed by atoms with Crippen molar-refractivity contribution in [1.82, 2.24) is 0 Å². The average molecular weight is 1790 g/mol. The predicted octanol–water partition coefficient (Wildman–Crippen LogP) is 32.0. The first-order valence-electron chi connectivity index (χ1n) is 50.8. The Morgan fingerprint density at radius 1 is 0.232 bits per heavy atom. The summed E-state index contributed by atoms with van der Waals surface area (Å²) < 4.78 is 61.7. The minimum atomic E-state index is -4.95. The fourth-order valence-corrected chi connectivity index (χ4v) is 15.6. The summed E-state index contributed by atoms with van der Waals surface area (Å²) in [5, 5.41) is 20.8. The van der Waals surface area contributed by atoms with Crippen LogP contribution in [0.1, 0.15) is 445 Å². The van der Waals surface area contributed by atoms with E-state index in [0.29, 0.717) is 19.3 Å². The van der Waals surface area contributed by atoms with Crippen molar-refractivity contribution in [1.29, 1.82) is 0 Å². The van der Waals surface area contributed by atoms with E-state index < -0.39 is 91.5 Å². The summed E-state index contributed by atoms with van der Waals surface area (Å²) in [7, 11) is -9.82. The van der Waals surface area contributed by atoms with Gasteiger partial charge in [0.05, 0.1) is 26.4 Å². The number of allylic oxidation sites excluding steroid dienone is 26. The molecule has 125 heavy (non-hydrogen) atoms. The molecule has 0 saturated carbocycles. The standard InChI is InChI=1S/C107H186O16P2/c1-4-7-10-13-16-19-22-25-28-31-34-37-40-42-44-46-48-50-52-54-56-58-61-63-66-69-72-75-78-81-84-87-90-93-105(110)117-96-102(108)97-119-124(113,114)120-98-103(109)99-121-125(115,116)122-101-104(123-107(112)95-92-89-86-83-80-77-74-71-68-65-60-39-36-33-30-27-24-21-18-15-12-9-6-3)100-118-106(111)94-91-88-85-82-79-76-73-70-67-64-62-59-57-55-53-51-49-47-45-43-41-38-35-32-29-26-23-20-17-14-11-8-5-2/h9,12,16-21,25-30,34-39,42-45,65,68,102-104,108-109H,4-8,10-11,13-15,22-24,31-33,40-41,46-64,66-67,69-101H2,1-3H3,(H,113,114)(H,115,116)/b12-9-,19-16-,20-17-,21-18-,28-25-,29-26-,30-27-,37-34-,38-35-,39-36-,44-42-,45-43-,68-65-. The zero-order chi connectivity index (χ0) is 90.7. The van der Waals surface area contributed by atoms with Crippen molar-refractivity contribution in [2.75, 3.05) is 39.6 Å². The van der Waals surface area contributed by atoms with Gasteiger partial charge in [-0.2, -0.15) is 0 Å². The van der Waals surface area contributed by atoms with Crippen LogP contribution in [0, 0.1) is 0 Å². The number of ether oxygens (including phenoxy) is 3. The van der Waals surface area contributed by atoms with E-state index in [4.69, 9.17) is 32.3 Å². The van der Waals surface area contributed by atoms with E-state index >= 15 is 0 Å². The number of hydrogen-bond donors (Lipinski definition) is 4. The lowest BCUT2D eigenvalue weighted by Gasteiger charge is -2.21. The van der Waals surface area contributed by atoms with E-state index in [-0.39, 0.29) is 19.3 Å². The summed E-state index contributed by atoms with van der Waals surface area (Å²) >= 11 is 0. The van der Waals surface area contributed by atoms with Crippen LogP contribution in [0.4, 0.5) is 0 Å². The maximum absolute atomic E-state index is 13.1. The summed E-state index contributed by atoms with van der Waals surface area (Å²) in [4.78, 5) is 59.2. The molecule has 4 N–H and O–H groups in total. The van der Waals surface area contributed by atoms with Crippen molar-refractivity contribution in [3.05, 3.63) is 158 Å². The van der Waals surface area contributed by atoms with Gasteiger partial charge in [-0.05, 0) is 154 Å². The molecule has 0 aromatic rings. The average Bonchev–Trinajstić information content (AvgIpc) is 0.901. The highest BCUT2D eigenvalue weighted by Gasteiger charge is 2.30. The van der Waals surface area contributed by atoms with Gasteiger partial charge in [0.2, 0.25) is 0 Å². The van der Waals surface area contributed by atoms with Gasteiger partial charge in [0.25, 0.3) is 0 Å². The maximum atomic E-state index is 13.1. The number of hydrogen-bond acceptors (Lipinski definition) is 14. The molecule has 0 spiro atoms. The number of aliphatic hydroxyl groups is 2. The Morgan fingerprint density at radius 3 is 0.672 bits per heavy atom. The van der Waals surface area contributed by atoms with Crippen LogP contribution in [-0.4, -0.2) is 95.9 Å². The number of carbonyl (C=O) groups is 3. The van der Waals surface area contributed by atoms with Crippen molar-refractivity contribution in [2.24, 2.45) is 0 Å². The molecule has 0 aromatic heterocycles. The van der Waals surface area contributed by atoms with E-state index in [2.05, 4.69) is 179 Å². The van der Waals surface area contributed by atoms with Crippen molar-refractivity contribution in [3.8, 4) is 0 Å². The molecule has 5 unspecified atom stereocenters. The van der Waals surface area contributed by atoms with E-state index in [1.807, 2.05) is 0 Å².